The Hall–Kier alpha value is -0.780. The van der Waals surface area contributed by atoms with Gasteiger partial charge in [-0.2, -0.15) is 0 Å². The van der Waals surface area contributed by atoms with Gasteiger partial charge in [-0.15, -0.1) is 0 Å². The summed E-state index contributed by atoms with van der Waals surface area (Å²) in [6, 6.07) is 0. The molecular formula is C26H48. The summed E-state index contributed by atoms with van der Waals surface area (Å²) in [5.41, 5.74) is 0. The summed E-state index contributed by atoms with van der Waals surface area (Å²) >= 11 is 0. The topological polar surface area (TPSA) is 0 Å². The first-order chi connectivity index (χ1) is 12.9. The lowest BCUT2D eigenvalue weighted by molar-refractivity contribution is 0.525. The highest BCUT2D eigenvalue weighted by molar-refractivity contribution is 5.08. The van der Waals surface area contributed by atoms with E-state index in [9.17, 15) is 0 Å². The van der Waals surface area contributed by atoms with Gasteiger partial charge >= 0.3 is 0 Å². The van der Waals surface area contributed by atoms with E-state index in [2.05, 4.69) is 31.7 Å². The standard InChI is InChI=1S/C26H48/c1-3-5-7-9-11-13-15-17-19-21-23-25-26-24-22-20-18-16-14-12-10-8-6-4-2/h3,5,7,9,11H,1,4,6,8,10,12-26H2,2H3. The molecular weight excluding hydrogens is 312 g/mol. The molecule has 0 aromatic rings. The minimum Gasteiger partial charge on any atom is -0.0991 e. The Labute approximate surface area is 166 Å². The predicted octanol–water partition coefficient (Wildman–Crippen LogP) is 9.72. The number of unbranched alkanes of at least 4 members (excludes halogenated alkanes) is 18. The first-order valence-corrected chi connectivity index (χ1v) is 11.9. The van der Waals surface area contributed by atoms with Gasteiger partial charge in [-0.05, 0) is 12.8 Å². The van der Waals surface area contributed by atoms with Gasteiger partial charge in [-0.1, -0.05) is 153 Å². The van der Waals surface area contributed by atoms with Gasteiger partial charge in [0, 0.05) is 0 Å². The van der Waals surface area contributed by atoms with Crippen molar-refractivity contribution in [2.24, 2.45) is 0 Å². The summed E-state index contributed by atoms with van der Waals surface area (Å²) in [5.74, 6) is 0. The molecule has 0 heteroatoms. The van der Waals surface area contributed by atoms with Gasteiger partial charge in [-0.3, -0.25) is 0 Å². The van der Waals surface area contributed by atoms with Crippen molar-refractivity contribution in [3.8, 4) is 0 Å². The van der Waals surface area contributed by atoms with Gasteiger partial charge in [0.1, 0.15) is 0 Å². The van der Waals surface area contributed by atoms with Crippen LogP contribution in [0.3, 0.4) is 0 Å². The summed E-state index contributed by atoms with van der Waals surface area (Å²) in [5, 5.41) is 0. The largest absolute Gasteiger partial charge is 0.0991 e. The van der Waals surface area contributed by atoms with E-state index in [1.807, 2.05) is 12.2 Å². The number of hydrogen-bond acceptors (Lipinski definition) is 0. The Morgan fingerprint density at radius 2 is 0.846 bits per heavy atom. The van der Waals surface area contributed by atoms with Crippen LogP contribution in [0.4, 0.5) is 0 Å². The van der Waals surface area contributed by atoms with E-state index in [1.54, 1.807) is 0 Å². The first-order valence-electron chi connectivity index (χ1n) is 11.9. The fourth-order valence-corrected chi connectivity index (χ4v) is 3.48. The van der Waals surface area contributed by atoms with Crippen LogP contribution in [-0.2, 0) is 0 Å². The lowest BCUT2D eigenvalue weighted by Gasteiger charge is -2.03. The monoisotopic (exact) mass is 360 g/mol. The van der Waals surface area contributed by atoms with Crippen molar-refractivity contribution in [1.82, 2.24) is 0 Å². The summed E-state index contributed by atoms with van der Waals surface area (Å²) in [7, 11) is 0. The Morgan fingerprint density at radius 1 is 0.462 bits per heavy atom. The molecule has 0 aromatic carbocycles. The molecule has 0 aliphatic carbocycles. The molecule has 0 aliphatic heterocycles. The minimum atomic E-state index is 1.22. The molecule has 0 unspecified atom stereocenters. The fourth-order valence-electron chi connectivity index (χ4n) is 3.48. The summed E-state index contributed by atoms with van der Waals surface area (Å²) < 4.78 is 0. The van der Waals surface area contributed by atoms with Crippen LogP contribution in [0.2, 0.25) is 0 Å². The predicted molar refractivity (Wildman–Crippen MR) is 122 cm³/mol. The van der Waals surface area contributed by atoms with Crippen LogP contribution in [0.25, 0.3) is 0 Å². The van der Waals surface area contributed by atoms with Crippen molar-refractivity contribution < 1.29 is 0 Å². The normalized spacial score (nSPS) is 11.7. The maximum atomic E-state index is 3.66. The van der Waals surface area contributed by atoms with Gasteiger partial charge in [0.05, 0.1) is 0 Å². The molecule has 0 amide bonds. The van der Waals surface area contributed by atoms with Gasteiger partial charge in [0.25, 0.3) is 0 Å². The Balaban J connectivity index is 3.04. The third-order valence-electron chi connectivity index (χ3n) is 5.22. The van der Waals surface area contributed by atoms with Crippen molar-refractivity contribution in [3.05, 3.63) is 37.0 Å². The highest BCUT2D eigenvalue weighted by atomic mass is 14.0. The molecule has 26 heavy (non-hydrogen) atoms. The number of rotatable bonds is 21. The van der Waals surface area contributed by atoms with E-state index < -0.39 is 0 Å². The van der Waals surface area contributed by atoms with Crippen LogP contribution >= 0.6 is 0 Å². The van der Waals surface area contributed by atoms with Gasteiger partial charge in [0.15, 0.2) is 0 Å². The van der Waals surface area contributed by atoms with Crippen LogP contribution in [0.1, 0.15) is 129 Å². The van der Waals surface area contributed by atoms with Crippen molar-refractivity contribution >= 4 is 0 Å². The average Bonchev–Trinajstić information content (AvgIpc) is 2.66. The molecule has 0 rings (SSSR count). The number of hydrogen-bond donors (Lipinski definition) is 0. The van der Waals surface area contributed by atoms with E-state index in [0.29, 0.717) is 0 Å². The zero-order valence-electron chi connectivity index (χ0n) is 18.0. The third kappa shape index (κ3) is 23.2. The average molecular weight is 361 g/mol. The molecule has 0 fully saturated rings. The van der Waals surface area contributed by atoms with Crippen molar-refractivity contribution in [2.75, 3.05) is 0 Å². The van der Waals surface area contributed by atoms with Crippen molar-refractivity contribution in [3.63, 3.8) is 0 Å². The lowest BCUT2D eigenvalue weighted by atomic mass is 10.0. The van der Waals surface area contributed by atoms with Crippen LogP contribution in [-0.4, -0.2) is 0 Å². The zero-order chi connectivity index (χ0) is 19.0. The molecule has 0 saturated carbocycles. The van der Waals surface area contributed by atoms with E-state index in [-0.39, 0.29) is 0 Å². The van der Waals surface area contributed by atoms with Crippen LogP contribution < -0.4 is 0 Å². The third-order valence-corrected chi connectivity index (χ3v) is 5.22. The molecule has 0 bridgehead atoms. The Morgan fingerprint density at radius 3 is 1.23 bits per heavy atom. The Bertz CT molecular complexity index is 310. The maximum absolute atomic E-state index is 3.66. The van der Waals surface area contributed by atoms with Crippen LogP contribution in [0.15, 0.2) is 37.0 Å². The molecule has 0 saturated heterocycles. The fraction of sp³-hybridized carbons (Fsp3) is 0.769. The molecule has 0 spiro atoms. The molecule has 0 heterocycles. The SMILES string of the molecule is C=CC=CC=CCCCCCCCCCCCCCCCCCCCC. The van der Waals surface area contributed by atoms with Gasteiger partial charge < -0.3 is 0 Å². The molecule has 0 radical (unpaired) electrons. The summed E-state index contributed by atoms with van der Waals surface area (Å²) in [4.78, 5) is 0. The lowest BCUT2D eigenvalue weighted by Crippen LogP contribution is -1.84. The molecule has 0 aliphatic rings. The number of allylic oxidation sites excluding steroid dienone is 5. The van der Waals surface area contributed by atoms with E-state index in [1.165, 1.54) is 122 Å². The minimum absolute atomic E-state index is 1.22. The second kappa shape index (κ2) is 24.2. The van der Waals surface area contributed by atoms with Gasteiger partial charge in [-0.25, -0.2) is 0 Å². The molecule has 152 valence electrons. The second-order valence-corrected chi connectivity index (χ2v) is 7.85. The quantitative estimate of drug-likeness (QED) is 0.141. The van der Waals surface area contributed by atoms with E-state index in [0.717, 1.165) is 0 Å². The molecule has 0 N–H and O–H groups in total. The van der Waals surface area contributed by atoms with Crippen LogP contribution in [0.5, 0.6) is 0 Å². The van der Waals surface area contributed by atoms with E-state index in [4.69, 9.17) is 0 Å². The Kier molecular flexibility index (Phi) is 23.5. The summed E-state index contributed by atoms with van der Waals surface area (Å²) in [6.45, 7) is 5.96. The highest BCUT2D eigenvalue weighted by Gasteiger charge is 1.94. The maximum Gasteiger partial charge on any atom is -0.0348 e. The van der Waals surface area contributed by atoms with Gasteiger partial charge in [0.2, 0.25) is 0 Å². The summed E-state index contributed by atoms with van der Waals surface area (Å²) in [6.07, 6.45) is 37.5. The van der Waals surface area contributed by atoms with Crippen molar-refractivity contribution in [2.45, 2.75) is 129 Å². The molecule has 0 nitrogen and oxygen atoms in total. The first kappa shape index (κ1) is 25.2. The zero-order valence-corrected chi connectivity index (χ0v) is 18.0. The highest BCUT2D eigenvalue weighted by Crippen LogP contribution is 2.14. The second-order valence-electron chi connectivity index (χ2n) is 7.85. The molecule has 0 atom stereocenters. The van der Waals surface area contributed by atoms with Crippen LogP contribution in [0, 0.1) is 0 Å². The van der Waals surface area contributed by atoms with Crippen molar-refractivity contribution in [1.29, 1.82) is 0 Å². The smallest absolute Gasteiger partial charge is 0.0348 e. The van der Waals surface area contributed by atoms with E-state index >= 15 is 0 Å². The molecule has 0 aromatic heterocycles.